The lowest BCUT2D eigenvalue weighted by molar-refractivity contribution is -0.143. The first-order valence-electron chi connectivity index (χ1n) is 7.73. The number of carbonyl (C=O) groups excluding carboxylic acids is 4. The molecule has 3 atom stereocenters. The Hall–Kier alpha value is -3.48. The number of nitrogens with zero attached hydrogens (tertiary/aromatic N) is 1. The lowest BCUT2D eigenvalue weighted by Gasteiger charge is -2.21. The first-order valence-corrected chi connectivity index (χ1v) is 7.73. The predicted molar refractivity (Wildman–Crippen MR) is 89.4 cm³/mol. The molecule has 13 nitrogen and oxygen atoms in total. The molecule has 148 valence electrons. The van der Waals surface area contributed by atoms with Gasteiger partial charge in [0, 0.05) is 18.3 Å². The molecule has 0 aliphatic carbocycles. The summed E-state index contributed by atoms with van der Waals surface area (Å²) in [5.41, 5.74) is 16.3. The first kappa shape index (κ1) is 21.6. The normalized spacial score (nSPS) is 13.8. The Labute approximate surface area is 153 Å². The number of carboxylic acids is 1. The molecule has 0 fully saturated rings. The minimum absolute atomic E-state index is 0.0795. The summed E-state index contributed by atoms with van der Waals surface area (Å²) >= 11 is 0. The van der Waals surface area contributed by atoms with E-state index in [-0.39, 0.29) is 6.42 Å². The average molecular weight is 383 g/mol. The van der Waals surface area contributed by atoms with Crippen molar-refractivity contribution in [3.63, 3.8) is 0 Å². The number of nitrogens with one attached hydrogen (secondary N) is 3. The SMILES string of the molecule is NC(=O)CC(NC(=O)C(CC(N)=O)NC(=O)C(N)Cc1cnc[nH]1)C(=O)O. The fourth-order valence-corrected chi connectivity index (χ4v) is 2.09. The van der Waals surface area contributed by atoms with Gasteiger partial charge in [0.25, 0.3) is 0 Å². The summed E-state index contributed by atoms with van der Waals surface area (Å²) in [6, 6.07) is -4.17. The Balaban J connectivity index is 2.79. The van der Waals surface area contributed by atoms with E-state index in [0.29, 0.717) is 5.69 Å². The van der Waals surface area contributed by atoms with Crippen molar-refractivity contribution in [1.82, 2.24) is 20.6 Å². The standard InChI is InChI=1S/C14H21N7O6/c15-7(1-6-4-18-5-19-6)12(24)20-8(2-10(16)22)13(25)21-9(14(26)27)3-11(17)23/h4-5,7-9H,1-3,15H2,(H2,16,22)(H2,17,23)(H,18,19)(H,20,24)(H,21,25)(H,26,27). The zero-order valence-electron chi connectivity index (χ0n) is 14.2. The van der Waals surface area contributed by atoms with Crippen LogP contribution in [0.15, 0.2) is 12.5 Å². The van der Waals surface area contributed by atoms with Crippen molar-refractivity contribution in [2.75, 3.05) is 0 Å². The smallest absolute Gasteiger partial charge is 0.326 e. The number of H-pyrrole nitrogens is 1. The average Bonchev–Trinajstić information content (AvgIpc) is 3.05. The Morgan fingerprint density at radius 3 is 2.07 bits per heavy atom. The second kappa shape index (κ2) is 9.86. The number of hydrogen-bond acceptors (Lipinski definition) is 7. The number of imidazole rings is 1. The summed E-state index contributed by atoms with van der Waals surface area (Å²) in [6.07, 6.45) is 1.67. The van der Waals surface area contributed by atoms with Crippen molar-refractivity contribution >= 4 is 29.6 Å². The molecule has 4 amide bonds. The molecule has 3 unspecified atom stereocenters. The van der Waals surface area contributed by atoms with Gasteiger partial charge in [0.05, 0.1) is 25.2 Å². The van der Waals surface area contributed by atoms with Crippen molar-refractivity contribution in [2.24, 2.45) is 17.2 Å². The third kappa shape index (κ3) is 7.52. The number of amides is 4. The highest BCUT2D eigenvalue weighted by atomic mass is 16.4. The third-order valence-electron chi connectivity index (χ3n) is 3.39. The van der Waals surface area contributed by atoms with Crippen molar-refractivity contribution in [3.05, 3.63) is 18.2 Å². The fourth-order valence-electron chi connectivity index (χ4n) is 2.09. The van der Waals surface area contributed by atoms with E-state index in [9.17, 15) is 24.0 Å². The number of hydrogen-bond donors (Lipinski definition) is 7. The number of nitrogens with two attached hydrogens (primary N) is 3. The van der Waals surface area contributed by atoms with Crippen LogP contribution in [0.2, 0.25) is 0 Å². The second-order valence-electron chi connectivity index (χ2n) is 5.69. The fraction of sp³-hybridized carbons (Fsp3) is 0.429. The molecular weight excluding hydrogens is 362 g/mol. The highest BCUT2D eigenvalue weighted by molar-refractivity contribution is 5.95. The highest BCUT2D eigenvalue weighted by Gasteiger charge is 2.30. The number of aromatic nitrogens is 2. The van der Waals surface area contributed by atoms with E-state index in [4.69, 9.17) is 22.3 Å². The van der Waals surface area contributed by atoms with E-state index in [1.54, 1.807) is 0 Å². The van der Waals surface area contributed by atoms with Crippen LogP contribution < -0.4 is 27.8 Å². The van der Waals surface area contributed by atoms with Gasteiger partial charge in [-0.15, -0.1) is 0 Å². The van der Waals surface area contributed by atoms with E-state index >= 15 is 0 Å². The van der Waals surface area contributed by atoms with Crippen LogP contribution in [0.4, 0.5) is 0 Å². The van der Waals surface area contributed by atoms with Gasteiger partial charge in [0.15, 0.2) is 0 Å². The van der Waals surface area contributed by atoms with Crippen LogP contribution in [-0.2, 0) is 30.4 Å². The van der Waals surface area contributed by atoms with Crippen molar-refractivity contribution < 1.29 is 29.1 Å². The monoisotopic (exact) mass is 383 g/mol. The Bertz CT molecular complexity index is 705. The zero-order valence-corrected chi connectivity index (χ0v) is 14.2. The molecule has 0 radical (unpaired) electrons. The Morgan fingerprint density at radius 1 is 1.04 bits per heavy atom. The van der Waals surface area contributed by atoms with E-state index < -0.39 is 60.6 Å². The molecular formula is C14H21N7O6. The largest absolute Gasteiger partial charge is 0.480 e. The maximum Gasteiger partial charge on any atom is 0.326 e. The minimum atomic E-state index is -1.62. The molecule has 0 spiro atoms. The molecule has 0 aliphatic rings. The van der Waals surface area contributed by atoms with E-state index in [1.807, 2.05) is 5.32 Å². The molecule has 0 aliphatic heterocycles. The summed E-state index contributed by atoms with van der Waals surface area (Å²) in [4.78, 5) is 64.1. The van der Waals surface area contributed by atoms with Gasteiger partial charge in [-0.05, 0) is 0 Å². The zero-order chi connectivity index (χ0) is 20.6. The van der Waals surface area contributed by atoms with Crippen LogP contribution in [0.1, 0.15) is 18.5 Å². The lowest BCUT2D eigenvalue weighted by atomic mass is 10.1. The third-order valence-corrected chi connectivity index (χ3v) is 3.39. The second-order valence-corrected chi connectivity index (χ2v) is 5.69. The predicted octanol–water partition coefficient (Wildman–Crippen LogP) is -3.92. The number of carboxylic acid groups (broad SMARTS) is 1. The van der Waals surface area contributed by atoms with Gasteiger partial charge in [-0.3, -0.25) is 19.2 Å². The van der Waals surface area contributed by atoms with Gasteiger partial charge in [-0.2, -0.15) is 0 Å². The Morgan fingerprint density at radius 2 is 1.59 bits per heavy atom. The van der Waals surface area contributed by atoms with E-state index in [0.717, 1.165) is 0 Å². The highest BCUT2D eigenvalue weighted by Crippen LogP contribution is 2.01. The molecule has 10 N–H and O–H groups in total. The van der Waals surface area contributed by atoms with Crippen molar-refractivity contribution in [1.29, 1.82) is 0 Å². The van der Waals surface area contributed by atoms with Crippen LogP contribution in [-0.4, -0.2) is 62.8 Å². The maximum atomic E-state index is 12.2. The van der Waals surface area contributed by atoms with Crippen LogP contribution in [0.25, 0.3) is 0 Å². The van der Waals surface area contributed by atoms with E-state index in [1.165, 1.54) is 12.5 Å². The molecule has 0 saturated heterocycles. The lowest BCUT2D eigenvalue weighted by Crippen LogP contribution is -2.56. The minimum Gasteiger partial charge on any atom is -0.480 e. The van der Waals surface area contributed by atoms with Gasteiger partial charge in [0.2, 0.25) is 23.6 Å². The summed E-state index contributed by atoms with van der Waals surface area (Å²) in [5, 5.41) is 13.3. The van der Waals surface area contributed by atoms with Crippen molar-refractivity contribution in [3.8, 4) is 0 Å². The van der Waals surface area contributed by atoms with Crippen LogP contribution in [0, 0.1) is 0 Å². The quantitative estimate of drug-likeness (QED) is 0.199. The van der Waals surface area contributed by atoms with Gasteiger partial charge < -0.3 is 37.9 Å². The molecule has 0 bridgehead atoms. The molecule has 13 heteroatoms. The molecule has 27 heavy (non-hydrogen) atoms. The molecule has 0 aromatic carbocycles. The number of primary amides is 2. The molecule has 1 rings (SSSR count). The molecule has 0 saturated carbocycles. The Kier molecular flexibility index (Phi) is 7.88. The summed E-state index contributed by atoms with van der Waals surface area (Å²) in [6.45, 7) is 0. The van der Waals surface area contributed by atoms with E-state index in [2.05, 4.69) is 15.3 Å². The van der Waals surface area contributed by atoms with Crippen molar-refractivity contribution in [2.45, 2.75) is 37.4 Å². The maximum absolute atomic E-state index is 12.2. The molecule has 1 aromatic rings. The van der Waals surface area contributed by atoms with Crippen LogP contribution in [0.3, 0.4) is 0 Å². The molecule has 1 aromatic heterocycles. The summed E-state index contributed by atoms with van der Waals surface area (Å²) < 4.78 is 0. The number of rotatable bonds is 11. The van der Waals surface area contributed by atoms with Gasteiger partial charge in [0.1, 0.15) is 12.1 Å². The molecule has 1 heterocycles. The first-order chi connectivity index (χ1) is 12.6. The summed E-state index contributed by atoms with van der Waals surface area (Å²) in [5.74, 6) is -5.18. The van der Waals surface area contributed by atoms with Gasteiger partial charge in [-0.1, -0.05) is 0 Å². The number of carbonyl (C=O) groups is 5. The van der Waals surface area contributed by atoms with Crippen LogP contribution >= 0.6 is 0 Å². The van der Waals surface area contributed by atoms with Gasteiger partial charge >= 0.3 is 5.97 Å². The summed E-state index contributed by atoms with van der Waals surface area (Å²) in [7, 11) is 0. The van der Waals surface area contributed by atoms with Crippen LogP contribution in [0.5, 0.6) is 0 Å². The number of aliphatic carboxylic acids is 1. The van der Waals surface area contributed by atoms with Gasteiger partial charge in [-0.25, -0.2) is 9.78 Å². The topological polar surface area (TPSA) is 236 Å². The number of aromatic amines is 1.